The largest absolute Gasteiger partial charge is 0.494 e. The summed E-state index contributed by atoms with van der Waals surface area (Å²) in [4.78, 5) is 23.2. The third kappa shape index (κ3) is 6.67. The topological polar surface area (TPSA) is 75.6 Å². The normalized spacial score (nSPS) is 12.6. The van der Waals surface area contributed by atoms with Crippen molar-refractivity contribution < 1.29 is 23.8 Å². The molecule has 0 aromatic heterocycles. The Morgan fingerprint density at radius 2 is 2.00 bits per heavy atom. The van der Waals surface area contributed by atoms with Crippen molar-refractivity contribution in [3.63, 3.8) is 0 Å². The average molecular weight is 325 g/mol. The Kier molecular flexibility index (Phi) is 6.54. The molecule has 1 aromatic rings. The molecule has 0 saturated carbocycles. The monoisotopic (exact) mass is 325 g/mol. The number of carboxylic acids is 1. The quantitative estimate of drug-likeness (QED) is 0.808. The van der Waals surface area contributed by atoms with Crippen LogP contribution in [0.3, 0.4) is 0 Å². The van der Waals surface area contributed by atoms with E-state index in [1.807, 2.05) is 20.8 Å². The molecule has 0 bridgehead atoms. The molecule has 0 aliphatic rings. The standard InChI is InChI=1S/C17H24FNO4/c1-17(2,3)8-7-13(16(21)22)19-15(20)10-11-5-6-14(23-4)12(18)9-11/h5-6,9,13H,7-8,10H2,1-4H3,(H,19,20)(H,21,22). The van der Waals surface area contributed by atoms with Crippen LogP contribution in [0.4, 0.5) is 4.39 Å². The van der Waals surface area contributed by atoms with Crippen LogP contribution in [0.1, 0.15) is 39.2 Å². The molecule has 23 heavy (non-hydrogen) atoms. The summed E-state index contributed by atoms with van der Waals surface area (Å²) < 4.78 is 18.4. The van der Waals surface area contributed by atoms with Gasteiger partial charge in [-0.3, -0.25) is 4.79 Å². The highest BCUT2D eigenvalue weighted by Gasteiger charge is 2.22. The van der Waals surface area contributed by atoms with Gasteiger partial charge in [0.05, 0.1) is 13.5 Å². The molecule has 1 atom stereocenters. The summed E-state index contributed by atoms with van der Waals surface area (Å²) in [5, 5.41) is 11.7. The van der Waals surface area contributed by atoms with E-state index < -0.39 is 23.7 Å². The molecule has 0 heterocycles. The first-order valence-corrected chi connectivity index (χ1v) is 7.47. The van der Waals surface area contributed by atoms with Gasteiger partial charge in [0, 0.05) is 0 Å². The second-order valence-corrected chi connectivity index (χ2v) is 6.70. The first kappa shape index (κ1) is 18.9. The zero-order chi connectivity index (χ0) is 17.6. The zero-order valence-corrected chi connectivity index (χ0v) is 14.0. The van der Waals surface area contributed by atoms with E-state index in [9.17, 15) is 19.1 Å². The fraction of sp³-hybridized carbons (Fsp3) is 0.529. The first-order valence-electron chi connectivity index (χ1n) is 7.47. The van der Waals surface area contributed by atoms with Gasteiger partial charge in [-0.25, -0.2) is 9.18 Å². The SMILES string of the molecule is COc1ccc(CC(=O)NC(CCC(C)(C)C)C(=O)O)cc1F. The average Bonchev–Trinajstić information content (AvgIpc) is 2.42. The Morgan fingerprint density at radius 3 is 2.48 bits per heavy atom. The Morgan fingerprint density at radius 1 is 1.35 bits per heavy atom. The second kappa shape index (κ2) is 7.94. The lowest BCUT2D eigenvalue weighted by molar-refractivity contribution is -0.142. The highest BCUT2D eigenvalue weighted by atomic mass is 19.1. The molecule has 2 N–H and O–H groups in total. The van der Waals surface area contributed by atoms with E-state index in [0.29, 0.717) is 18.4 Å². The Labute approximate surface area is 135 Å². The maximum Gasteiger partial charge on any atom is 0.326 e. The van der Waals surface area contributed by atoms with Gasteiger partial charge in [-0.2, -0.15) is 0 Å². The molecular weight excluding hydrogens is 301 g/mol. The van der Waals surface area contributed by atoms with E-state index >= 15 is 0 Å². The third-order valence-electron chi connectivity index (χ3n) is 3.40. The van der Waals surface area contributed by atoms with Crippen molar-refractivity contribution in [3.05, 3.63) is 29.6 Å². The molecule has 1 amide bonds. The predicted octanol–water partition coefficient (Wildman–Crippen LogP) is 2.77. The number of hydrogen-bond acceptors (Lipinski definition) is 3. The van der Waals surface area contributed by atoms with Crippen molar-refractivity contribution in [2.24, 2.45) is 5.41 Å². The number of benzene rings is 1. The Hall–Kier alpha value is -2.11. The van der Waals surface area contributed by atoms with Crippen molar-refractivity contribution in [2.45, 2.75) is 46.1 Å². The summed E-state index contributed by atoms with van der Waals surface area (Å²) in [5.74, 6) is -1.97. The number of carbonyl (C=O) groups is 2. The van der Waals surface area contributed by atoms with E-state index in [1.165, 1.54) is 19.2 Å². The number of halogens is 1. The lowest BCUT2D eigenvalue weighted by Crippen LogP contribution is -2.42. The molecular formula is C17H24FNO4. The minimum Gasteiger partial charge on any atom is -0.494 e. The minimum absolute atomic E-state index is 0.0163. The maximum absolute atomic E-state index is 13.6. The molecule has 6 heteroatoms. The van der Waals surface area contributed by atoms with Gasteiger partial charge < -0.3 is 15.2 Å². The lowest BCUT2D eigenvalue weighted by atomic mass is 9.88. The van der Waals surface area contributed by atoms with Crippen LogP contribution < -0.4 is 10.1 Å². The Bertz CT molecular complexity index is 566. The summed E-state index contributed by atoms with van der Waals surface area (Å²) in [6, 6.07) is 3.28. The molecule has 0 saturated heterocycles. The highest BCUT2D eigenvalue weighted by molar-refractivity contribution is 5.84. The van der Waals surface area contributed by atoms with Crippen LogP contribution >= 0.6 is 0 Å². The summed E-state index contributed by atoms with van der Waals surface area (Å²) in [6.45, 7) is 6.02. The molecule has 0 radical (unpaired) electrons. The van der Waals surface area contributed by atoms with Gasteiger partial charge in [0.1, 0.15) is 6.04 Å². The summed E-state index contributed by atoms with van der Waals surface area (Å²) in [5.41, 5.74) is 0.443. The molecule has 1 rings (SSSR count). The zero-order valence-electron chi connectivity index (χ0n) is 14.0. The van der Waals surface area contributed by atoms with Gasteiger partial charge in [0.15, 0.2) is 11.6 Å². The van der Waals surface area contributed by atoms with Crippen molar-refractivity contribution in [1.29, 1.82) is 0 Å². The number of aliphatic carboxylic acids is 1. The molecule has 0 aliphatic carbocycles. The molecule has 1 unspecified atom stereocenters. The molecule has 0 spiro atoms. The van der Waals surface area contributed by atoms with Crippen LogP contribution in [-0.4, -0.2) is 30.1 Å². The first-order chi connectivity index (χ1) is 10.6. The van der Waals surface area contributed by atoms with Crippen LogP contribution in [0.15, 0.2) is 18.2 Å². The predicted molar refractivity (Wildman–Crippen MR) is 84.9 cm³/mol. The second-order valence-electron chi connectivity index (χ2n) is 6.70. The number of rotatable bonds is 7. The van der Waals surface area contributed by atoms with Gasteiger partial charge in [-0.1, -0.05) is 26.8 Å². The Balaban J connectivity index is 2.65. The van der Waals surface area contributed by atoms with Crippen molar-refractivity contribution >= 4 is 11.9 Å². The van der Waals surface area contributed by atoms with Crippen LogP contribution in [0.25, 0.3) is 0 Å². The van der Waals surface area contributed by atoms with Gasteiger partial charge in [-0.05, 0) is 36.0 Å². The van der Waals surface area contributed by atoms with E-state index in [2.05, 4.69) is 5.32 Å². The summed E-state index contributed by atoms with van der Waals surface area (Å²) >= 11 is 0. The van der Waals surface area contributed by atoms with Crippen LogP contribution in [-0.2, 0) is 16.0 Å². The van der Waals surface area contributed by atoms with Gasteiger partial charge >= 0.3 is 5.97 Å². The fourth-order valence-corrected chi connectivity index (χ4v) is 2.09. The molecule has 0 aliphatic heterocycles. The van der Waals surface area contributed by atoms with E-state index in [0.717, 1.165) is 0 Å². The number of methoxy groups -OCH3 is 1. The molecule has 128 valence electrons. The van der Waals surface area contributed by atoms with Gasteiger partial charge in [0.25, 0.3) is 0 Å². The van der Waals surface area contributed by atoms with Crippen molar-refractivity contribution in [1.82, 2.24) is 5.32 Å². The molecule has 0 fully saturated rings. The number of hydrogen-bond donors (Lipinski definition) is 2. The number of carbonyl (C=O) groups excluding carboxylic acids is 1. The van der Waals surface area contributed by atoms with Crippen LogP contribution in [0, 0.1) is 11.2 Å². The molecule has 1 aromatic carbocycles. The minimum atomic E-state index is -1.07. The van der Waals surface area contributed by atoms with Crippen LogP contribution in [0.5, 0.6) is 5.75 Å². The number of ether oxygens (including phenoxy) is 1. The lowest BCUT2D eigenvalue weighted by Gasteiger charge is -2.21. The van der Waals surface area contributed by atoms with Gasteiger partial charge in [-0.15, -0.1) is 0 Å². The number of amides is 1. The van der Waals surface area contributed by atoms with E-state index in [4.69, 9.17) is 4.74 Å². The van der Waals surface area contributed by atoms with Crippen LogP contribution in [0.2, 0.25) is 0 Å². The summed E-state index contributed by atoms with van der Waals surface area (Å²) in [7, 11) is 1.36. The van der Waals surface area contributed by atoms with Crippen molar-refractivity contribution in [3.8, 4) is 5.75 Å². The van der Waals surface area contributed by atoms with E-state index in [-0.39, 0.29) is 17.6 Å². The highest BCUT2D eigenvalue weighted by Crippen LogP contribution is 2.22. The summed E-state index contributed by atoms with van der Waals surface area (Å²) in [6.07, 6.45) is 0.934. The fourth-order valence-electron chi connectivity index (χ4n) is 2.09. The number of nitrogens with one attached hydrogen (secondary N) is 1. The van der Waals surface area contributed by atoms with Gasteiger partial charge in [0.2, 0.25) is 5.91 Å². The number of carboxylic acid groups (broad SMARTS) is 1. The third-order valence-corrected chi connectivity index (χ3v) is 3.40. The van der Waals surface area contributed by atoms with E-state index in [1.54, 1.807) is 6.07 Å². The maximum atomic E-state index is 13.6. The van der Waals surface area contributed by atoms with Crippen molar-refractivity contribution in [2.75, 3.05) is 7.11 Å². The molecule has 5 nitrogen and oxygen atoms in total. The smallest absolute Gasteiger partial charge is 0.326 e.